The van der Waals surface area contributed by atoms with Crippen molar-refractivity contribution in [3.05, 3.63) is 53.9 Å². The summed E-state index contributed by atoms with van der Waals surface area (Å²) in [5.74, 6) is 0.695. The van der Waals surface area contributed by atoms with Crippen molar-refractivity contribution in [2.24, 2.45) is 11.8 Å². The number of carbonyl (C=O) groups is 2. The molecule has 28 heavy (non-hydrogen) atoms. The zero-order valence-corrected chi connectivity index (χ0v) is 15.7. The van der Waals surface area contributed by atoms with E-state index < -0.39 is 12.1 Å². The van der Waals surface area contributed by atoms with Crippen LogP contribution >= 0.6 is 0 Å². The molecular formula is C21H24N2O5. The largest absolute Gasteiger partial charge is 0.488 e. The van der Waals surface area contributed by atoms with Gasteiger partial charge < -0.3 is 24.5 Å². The summed E-state index contributed by atoms with van der Waals surface area (Å²) in [6.07, 6.45) is 3.75. The molecular weight excluding hydrogens is 360 g/mol. The van der Waals surface area contributed by atoms with E-state index in [2.05, 4.69) is 4.98 Å². The molecule has 4 atom stereocenters. The fraction of sp³-hybridized carbons (Fsp3) is 0.429. The zero-order chi connectivity index (χ0) is 19.7. The molecule has 1 saturated carbocycles. The number of rotatable bonds is 4. The fourth-order valence-electron chi connectivity index (χ4n) is 4.31. The van der Waals surface area contributed by atoms with Crippen LogP contribution in [0.1, 0.15) is 33.6 Å². The van der Waals surface area contributed by atoms with Gasteiger partial charge >= 0.3 is 5.97 Å². The standard InChI is InChI=1S/C21H24N2O5/c1-27-21(26)13-3-2-4-17(7-13)28-19-9-16-12-23(11-15(16)8-18(19)24)20(25)14-5-6-22-10-14/h2-7,10,15-16,18-19,22,24H,8-9,11-12H2,1H3/t15-,16+,18+,19+/m0/s1. The van der Waals surface area contributed by atoms with Crippen molar-refractivity contribution < 1.29 is 24.2 Å². The van der Waals surface area contributed by atoms with E-state index in [0.29, 0.717) is 48.7 Å². The number of esters is 1. The number of H-pyrrole nitrogens is 1. The average molecular weight is 384 g/mol. The minimum Gasteiger partial charge on any atom is -0.488 e. The van der Waals surface area contributed by atoms with Crippen molar-refractivity contribution in [1.82, 2.24) is 9.88 Å². The number of carbonyl (C=O) groups excluding carboxylic acids is 2. The molecule has 0 bridgehead atoms. The molecule has 2 aliphatic rings. The number of fused-ring (bicyclic) bond motifs is 1. The normalized spacial score (nSPS) is 26.6. The van der Waals surface area contributed by atoms with Gasteiger partial charge in [0.2, 0.25) is 0 Å². The van der Waals surface area contributed by atoms with Crippen LogP contribution in [-0.2, 0) is 4.74 Å². The zero-order valence-electron chi connectivity index (χ0n) is 15.7. The highest BCUT2D eigenvalue weighted by Crippen LogP contribution is 2.38. The van der Waals surface area contributed by atoms with Crippen LogP contribution in [0.2, 0.25) is 0 Å². The maximum atomic E-state index is 12.6. The highest BCUT2D eigenvalue weighted by Gasteiger charge is 2.44. The number of hydrogen-bond acceptors (Lipinski definition) is 5. The van der Waals surface area contributed by atoms with E-state index in [4.69, 9.17) is 9.47 Å². The van der Waals surface area contributed by atoms with E-state index in [1.165, 1.54) is 7.11 Å². The molecule has 2 fully saturated rings. The maximum Gasteiger partial charge on any atom is 0.337 e. The number of aromatic amines is 1. The van der Waals surface area contributed by atoms with Crippen LogP contribution < -0.4 is 4.74 Å². The number of benzene rings is 1. The first-order valence-electron chi connectivity index (χ1n) is 9.50. The molecule has 1 amide bonds. The molecule has 2 heterocycles. The Kier molecular flexibility index (Phi) is 5.09. The molecule has 2 N–H and O–H groups in total. The predicted molar refractivity (Wildman–Crippen MR) is 101 cm³/mol. The lowest BCUT2D eigenvalue weighted by Crippen LogP contribution is -2.42. The number of aliphatic hydroxyl groups is 1. The first kappa shape index (κ1) is 18.6. The third-order valence-electron chi connectivity index (χ3n) is 5.76. The van der Waals surface area contributed by atoms with Crippen LogP contribution in [0.3, 0.4) is 0 Å². The van der Waals surface area contributed by atoms with Gasteiger partial charge in [-0.25, -0.2) is 4.79 Å². The van der Waals surface area contributed by atoms with Gasteiger partial charge in [0.1, 0.15) is 11.9 Å². The van der Waals surface area contributed by atoms with Gasteiger partial charge in [0, 0.05) is 25.5 Å². The number of aliphatic hydroxyl groups excluding tert-OH is 1. The molecule has 0 unspecified atom stereocenters. The second-order valence-corrected chi connectivity index (χ2v) is 7.54. The second-order valence-electron chi connectivity index (χ2n) is 7.54. The molecule has 7 nitrogen and oxygen atoms in total. The van der Waals surface area contributed by atoms with Gasteiger partial charge in [-0.1, -0.05) is 6.07 Å². The Bertz CT molecular complexity index is 850. The lowest BCUT2D eigenvalue weighted by Gasteiger charge is -2.35. The van der Waals surface area contributed by atoms with Crippen molar-refractivity contribution in [3.63, 3.8) is 0 Å². The van der Waals surface area contributed by atoms with Crippen molar-refractivity contribution in [2.45, 2.75) is 25.0 Å². The van der Waals surface area contributed by atoms with E-state index in [1.807, 2.05) is 4.90 Å². The monoisotopic (exact) mass is 384 g/mol. The number of methoxy groups -OCH3 is 1. The smallest absolute Gasteiger partial charge is 0.337 e. The Morgan fingerprint density at radius 3 is 2.64 bits per heavy atom. The topological polar surface area (TPSA) is 91.9 Å². The maximum absolute atomic E-state index is 12.6. The molecule has 0 radical (unpaired) electrons. The number of amides is 1. The minimum absolute atomic E-state index is 0.0217. The first-order valence-corrected chi connectivity index (χ1v) is 9.50. The van der Waals surface area contributed by atoms with Crippen molar-refractivity contribution in [2.75, 3.05) is 20.2 Å². The SMILES string of the molecule is COC(=O)c1cccc(O[C@@H]2C[C@@H]3CN(C(=O)c4cc[nH]c4)C[C@@H]3C[C@H]2O)c1. The second kappa shape index (κ2) is 7.67. The van der Waals surface area contributed by atoms with Crippen LogP contribution in [0.15, 0.2) is 42.7 Å². The molecule has 1 aliphatic carbocycles. The third-order valence-corrected chi connectivity index (χ3v) is 5.76. The van der Waals surface area contributed by atoms with Gasteiger partial charge in [-0.2, -0.15) is 0 Å². The van der Waals surface area contributed by atoms with Crippen LogP contribution in [0.25, 0.3) is 0 Å². The average Bonchev–Trinajstić information content (AvgIpc) is 3.37. The van der Waals surface area contributed by atoms with Gasteiger partial charge in [0.05, 0.1) is 24.3 Å². The van der Waals surface area contributed by atoms with Crippen molar-refractivity contribution in [1.29, 1.82) is 0 Å². The van der Waals surface area contributed by atoms with E-state index >= 15 is 0 Å². The molecule has 1 aromatic heterocycles. The summed E-state index contributed by atoms with van der Waals surface area (Å²) in [5, 5.41) is 10.6. The lowest BCUT2D eigenvalue weighted by molar-refractivity contribution is -0.0231. The third kappa shape index (κ3) is 3.62. The molecule has 1 aliphatic heterocycles. The van der Waals surface area contributed by atoms with Crippen LogP contribution in [0.5, 0.6) is 5.75 Å². The summed E-state index contributed by atoms with van der Waals surface area (Å²) < 4.78 is 10.8. The van der Waals surface area contributed by atoms with Crippen LogP contribution in [-0.4, -0.2) is 59.3 Å². The summed E-state index contributed by atoms with van der Waals surface area (Å²) >= 11 is 0. The van der Waals surface area contributed by atoms with Gasteiger partial charge in [-0.3, -0.25) is 4.79 Å². The predicted octanol–water partition coefficient (Wildman–Crippen LogP) is 2.09. The Balaban J connectivity index is 1.42. The van der Waals surface area contributed by atoms with Gasteiger partial charge in [0.25, 0.3) is 5.91 Å². The number of nitrogens with zero attached hydrogens (tertiary/aromatic N) is 1. The van der Waals surface area contributed by atoms with Gasteiger partial charge in [0.15, 0.2) is 0 Å². The quantitative estimate of drug-likeness (QED) is 0.788. The fourth-order valence-corrected chi connectivity index (χ4v) is 4.31. The molecule has 1 saturated heterocycles. The van der Waals surface area contributed by atoms with E-state index in [9.17, 15) is 14.7 Å². The number of hydrogen-bond donors (Lipinski definition) is 2. The molecule has 1 aromatic carbocycles. The molecule has 4 rings (SSSR count). The van der Waals surface area contributed by atoms with Gasteiger partial charge in [-0.05, 0) is 48.9 Å². The van der Waals surface area contributed by atoms with E-state index in [0.717, 1.165) is 0 Å². The van der Waals surface area contributed by atoms with E-state index in [1.54, 1.807) is 42.7 Å². The number of aromatic nitrogens is 1. The van der Waals surface area contributed by atoms with E-state index in [-0.39, 0.29) is 17.9 Å². The van der Waals surface area contributed by atoms with Crippen LogP contribution in [0.4, 0.5) is 0 Å². The molecule has 7 heteroatoms. The minimum atomic E-state index is -0.606. The van der Waals surface area contributed by atoms with Crippen molar-refractivity contribution in [3.8, 4) is 5.75 Å². The Labute approximate surface area is 163 Å². The number of nitrogens with one attached hydrogen (secondary N) is 1. The summed E-state index contributed by atoms with van der Waals surface area (Å²) in [7, 11) is 1.33. The lowest BCUT2D eigenvalue weighted by atomic mass is 9.78. The summed E-state index contributed by atoms with van der Waals surface area (Å²) in [6, 6.07) is 8.56. The van der Waals surface area contributed by atoms with Crippen molar-refractivity contribution >= 4 is 11.9 Å². The summed E-state index contributed by atoms with van der Waals surface area (Å²) in [4.78, 5) is 29.1. The number of likely N-dealkylation sites (tertiary alicyclic amines) is 1. The molecule has 2 aromatic rings. The summed E-state index contributed by atoms with van der Waals surface area (Å²) in [5.41, 5.74) is 1.07. The Morgan fingerprint density at radius 2 is 1.93 bits per heavy atom. The summed E-state index contributed by atoms with van der Waals surface area (Å²) in [6.45, 7) is 1.33. The molecule has 0 spiro atoms. The Morgan fingerprint density at radius 1 is 1.14 bits per heavy atom. The van der Waals surface area contributed by atoms with Crippen LogP contribution in [0, 0.1) is 11.8 Å². The highest BCUT2D eigenvalue weighted by molar-refractivity contribution is 5.94. The first-order chi connectivity index (χ1) is 13.5. The highest BCUT2D eigenvalue weighted by atomic mass is 16.5. The number of ether oxygens (including phenoxy) is 2. The Hall–Kier alpha value is -2.80. The van der Waals surface area contributed by atoms with Gasteiger partial charge in [-0.15, -0.1) is 0 Å². The molecule has 148 valence electrons.